The summed E-state index contributed by atoms with van der Waals surface area (Å²) >= 11 is 0. The van der Waals surface area contributed by atoms with E-state index in [-0.39, 0.29) is 36.4 Å². The second-order valence-corrected chi connectivity index (χ2v) is 10.4. The summed E-state index contributed by atoms with van der Waals surface area (Å²) in [6.07, 6.45) is 0. The monoisotopic (exact) mass is 524 g/mol. The minimum Gasteiger partial charge on any atom is -0.384 e. The lowest BCUT2D eigenvalue weighted by Crippen LogP contribution is -2.65. The number of urea groups is 1. The zero-order valence-corrected chi connectivity index (χ0v) is 21.3. The van der Waals surface area contributed by atoms with Gasteiger partial charge in [0.05, 0.1) is 0 Å². The van der Waals surface area contributed by atoms with Gasteiger partial charge in [-0.05, 0) is 49.0 Å². The first-order valence-corrected chi connectivity index (χ1v) is 12.6. The van der Waals surface area contributed by atoms with Crippen LogP contribution in [0, 0.1) is 29.3 Å². The van der Waals surface area contributed by atoms with Crippen LogP contribution in [0.1, 0.15) is 11.1 Å². The number of carbonyl (C=O) groups is 1. The molecule has 2 saturated heterocycles. The Bertz CT molecular complexity index is 1300. The summed E-state index contributed by atoms with van der Waals surface area (Å²) in [5.41, 5.74) is 1.65. The molecule has 2 bridgehead atoms. The Kier molecular flexibility index (Phi) is 7.17. The molecule has 2 aliphatic heterocycles. The molecule has 0 spiro atoms. The van der Waals surface area contributed by atoms with Crippen molar-refractivity contribution in [1.29, 1.82) is 0 Å². The van der Waals surface area contributed by atoms with Gasteiger partial charge in [0.1, 0.15) is 23.1 Å². The molecular weight excluding hydrogens is 493 g/mol. The van der Waals surface area contributed by atoms with Crippen molar-refractivity contribution in [3.05, 3.63) is 89.2 Å². The van der Waals surface area contributed by atoms with Crippen molar-refractivity contribution in [1.82, 2.24) is 15.1 Å². The van der Waals surface area contributed by atoms with E-state index in [4.69, 9.17) is 0 Å². The summed E-state index contributed by atoms with van der Waals surface area (Å²) < 4.78 is 41.9. The van der Waals surface area contributed by atoms with Gasteiger partial charge in [0.25, 0.3) is 0 Å². The van der Waals surface area contributed by atoms with E-state index in [1.807, 2.05) is 44.4 Å². The van der Waals surface area contributed by atoms with Crippen molar-refractivity contribution >= 4 is 11.7 Å². The van der Waals surface area contributed by atoms with E-state index < -0.39 is 23.3 Å². The summed E-state index contributed by atoms with van der Waals surface area (Å²) in [5.74, 6) is -2.44. The van der Waals surface area contributed by atoms with Gasteiger partial charge in [-0.25, -0.2) is 18.0 Å². The molecule has 200 valence electrons. The topological polar surface area (TPSA) is 67.8 Å². The molecule has 2 fully saturated rings. The number of carbonyl (C=O) groups excluding carboxylic acids is 1. The average molecular weight is 525 g/mol. The van der Waals surface area contributed by atoms with E-state index in [1.54, 1.807) is 11.0 Å². The lowest BCUT2D eigenvalue weighted by Gasteiger charge is -2.55. The highest BCUT2D eigenvalue weighted by Crippen LogP contribution is 2.45. The number of hydrogen-bond acceptors (Lipinski definition) is 4. The van der Waals surface area contributed by atoms with Crippen LogP contribution in [0.4, 0.5) is 23.7 Å². The van der Waals surface area contributed by atoms with Crippen LogP contribution in [-0.4, -0.2) is 61.2 Å². The normalized spacial score (nSPS) is 23.4. The molecule has 0 aromatic heterocycles. The van der Waals surface area contributed by atoms with Gasteiger partial charge in [-0.2, -0.15) is 0 Å². The molecule has 2 amide bonds. The van der Waals surface area contributed by atoms with Crippen LogP contribution in [0.3, 0.4) is 0 Å². The van der Waals surface area contributed by atoms with Crippen molar-refractivity contribution in [2.24, 2.45) is 11.8 Å². The second-order valence-electron chi connectivity index (χ2n) is 10.4. The molecule has 2 aliphatic rings. The number of hydrogen-bond donors (Lipinski definition) is 3. The number of fused-ring (bicyclic) bond motifs is 2. The van der Waals surface area contributed by atoms with Crippen LogP contribution in [0.25, 0.3) is 11.1 Å². The Morgan fingerprint density at radius 1 is 0.947 bits per heavy atom. The van der Waals surface area contributed by atoms with E-state index in [1.165, 1.54) is 6.07 Å². The molecule has 5 rings (SSSR count). The molecule has 38 heavy (non-hydrogen) atoms. The van der Waals surface area contributed by atoms with Gasteiger partial charge >= 0.3 is 6.03 Å². The zero-order valence-electron chi connectivity index (χ0n) is 21.3. The highest BCUT2D eigenvalue weighted by molar-refractivity contribution is 5.89. The van der Waals surface area contributed by atoms with E-state index in [0.717, 1.165) is 29.3 Å². The van der Waals surface area contributed by atoms with Crippen LogP contribution < -0.4 is 10.6 Å². The van der Waals surface area contributed by atoms with Gasteiger partial charge in [0, 0.05) is 61.9 Å². The lowest BCUT2D eigenvalue weighted by molar-refractivity contribution is -0.153. The molecule has 0 radical (unpaired) electrons. The predicted molar refractivity (Wildman–Crippen MR) is 140 cm³/mol. The van der Waals surface area contributed by atoms with Crippen molar-refractivity contribution in [3.63, 3.8) is 0 Å². The Morgan fingerprint density at radius 2 is 1.58 bits per heavy atom. The predicted octanol–water partition coefficient (Wildman–Crippen LogP) is 4.40. The van der Waals surface area contributed by atoms with Crippen molar-refractivity contribution < 1.29 is 23.1 Å². The second kappa shape index (κ2) is 10.4. The molecule has 0 aliphatic carbocycles. The third-order valence-corrected chi connectivity index (χ3v) is 7.66. The van der Waals surface area contributed by atoms with E-state index >= 15 is 0 Å². The molecule has 3 N–H and O–H groups in total. The molecule has 3 aromatic carbocycles. The van der Waals surface area contributed by atoms with Crippen LogP contribution in [0.2, 0.25) is 0 Å². The Balaban J connectivity index is 1.36. The third-order valence-electron chi connectivity index (χ3n) is 7.66. The number of benzene rings is 3. The van der Waals surface area contributed by atoms with Gasteiger partial charge in [-0.3, -0.25) is 0 Å². The lowest BCUT2D eigenvalue weighted by atomic mass is 9.66. The van der Waals surface area contributed by atoms with Gasteiger partial charge < -0.3 is 25.5 Å². The summed E-state index contributed by atoms with van der Waals surface area (Å²) in [6, 6.07) is 14.9. The first-order chi connectivity index (χ1) is 18.2. The van der Waals surface area contributed by atoms with Crippen molar-refractivity contribution in [3.8, 4) is 11.1 Å². The number of rotatable bonds is 5. The number of nitrogens with zero attached hydrogens (tertiary/aromatic N) is 2. The summed E-state index contributed by atoms with van der Waals surface area (Å²) in [6.45, 7) is 2.24. The Labute approximate surface area is 220 Å². The van der Waals surface area contributed by atoms with E-state index in [0.29, 0.717) is 30.8 Å². The highest BCUT2D eigenvalue weighted by atomic mass is 19.1. The van der Waals surface area contributed by atoms with Crippen LogP contribution in [0.5, 0.6) is 0 Å². The van der Waals surface area contributed by atoms with Gasteiger partial charge in [0.2, 0.25) is 0 Å². The van der Waals surface area contributed by atoms with Gasteiger partial charge in [-0.1, -0.05) is 36.4 Å². The molecule has 3 aromatic rings. The third kappa shape index (κ3) is 5.01. The smallest absolute Gasteiger partial charge is 0.321 e. The number of anilines is 1. The molecule has 9 heteroatoms. The van der Waals surface area contributed by atoms with Gasteiger partial charge in [0.15, 0.2) is 0 Å². The molecule has 6 nitrogen and oxygen atoms in total. The minimum absolute atomic E-state index is 0.0393. The number of amides is 2. The number of piperidine rings is 2. The zero-order chi connectivity index (χ0) is 27.0. The Morgan fingerprint density at radius 3 is 2.16 bits per heavy atom. The first-order valence-electron chi connectivity index (χ1n) is 12.6. The van der Waals surface area contributed by atoms with Crippen LogP contribution in [0.15, 0.2) is 60.7 Å². The molecular formula is C29H31F3N4O2. The fraction of sp³-hybridized carbons (Fsp3) is 0.345. The number of halogens is 3. The standard InChI is InChI=1S/C29H31F3N4O2/c1-33-13-18-3-8-26(27(32)9-18)19-4-6-20(7-5-19)29(38)21-14-35(2)15-22(29)17-36(16-21)28(37)34-25-11-23(30)10-24(31)12-25/h3-12,21-22,33,38H,13-17H2,1-2H3,(H,34,37)/t21-,22+,29?. The fourth-order valence-corrected chi connectivity index (χ4v) is 5.93. The Hall–Kier alpha value is -3.40. The number of likely N-dealkylation sites (tertiary alicyclic amines) is 2. The summed E-state index contributed by atoms with van der Waals surface area (Å²) in [7, 11) is 3.79. The first kappa shape index (κ1) is 26.2. The minimum atomic E-state index is -1.18. The SMILES string of the molecule is CNCc1ccc(-c2ccc(C3(O)[C@@H]4CN(C)C[C@H]3CN(C(=O)Nc3cc(F)cc(F)c3)C4)cc2)c(F)c1. The maximum Gasteiger partial charge on any atom is 0.321 e. The van der Waals surface area contributed by atoms with Crippen molar-refractivity contribution in [2.45, 2.75) is 12.1 Å². The van der Waals surface area contributed by atoms with Crippen LogP contribution in [-0.2, 0) is 12.1 Å². The number of nitrogens with one attached hydrogen (secondary N) is 2. The van der Waals surface area contributed by atoms with Crippen molar-refractivity contribution in [2.75, 3.05) is 45.6 Å². The highest BCUT2D eigenvalue weighted by Gasteiger charge is 2.53. The molecule has 3 atom stereocenters. The van der Waals surface area contributed by atoms with E-state index in [9.17, 15) is 23.1 Å². The molecule has 2 heterocycles. The fourth-order valence-electron chi connectivity index (χ4n) is 5.93. The number of aliphatic hydroxyl groups is 1. The van der Waals surface area contributed by atoms with E-state index in [2.05, 4.69) is 15.5 Å². The summed E-state index contributed by atoms with van der Waals surface area (Å²) in [4.78, 5) is 16.7. The largest absolute Gasteiger partial charge is 0.384 e. The van der Waals surface area contributed by atoms with Crippen LogP contribution >= 0.6 is 0 Å². The quantitative estimate of drug-likeness (QED) is 0.463. The molecule has 0 saturated carbocycles. The molecule has 1 unspecified atom stereocenters. The average Bonchev–Trinajstić information content (AvgIpc) is 2.84. The summed E-state index contributed by atoms with van der Waals surface area (Å²) in [5, 5.41) is 17.6. The maximum absolute atomic E-state index is 14.8. The van der Waals surface area contributed by atoms with Gasteiger partial charge in [-0.15, -0.1) is 0 Å². The maximum atomic E-state index is 14.8.